The third-order valence-corrected chi connectivity index (χ3v) is 5.75. The maximum absolute atomic E-state index is 12.3. The normalized spacial score (nSPS) is 11.7. The topological polar surface area (TPSA) is 112 Å². The van der Waals surface area contributed by atoms with Crippen molar-refractivity contribution in [2.75, 3.05) is 11.1 Å². The molecule has 162 valence electrons. The van der Waals surface area contributed by atoms with Gasteiger partial charge in [-0.3, -0.25) is 14.9 Å². The molecule has 0 fully saturated rings. The van der Waals surface area contributed by atoms with Gasteiger partial charge < -0.3 is 14.6 Å². The number of nitro groups is 1. The summed E-state index contributed by atoms with van der Waals surface area (Å²) in [5.41, 5.74) is 2.34. The van der Waals surface area contributed by atoms with Crippen molar-refractivity contribution in [3.05, 3.63) is 69.5 Å². The number of aryl methyl sites for hydroxylation is 2. The van der Waals surface area contributed by atoms with Gasteiger partial charge in [0.2, 0.25) is 5.91 Å². The van der Waals surface area contributed by atoms with Crippen molar-refractivity contribution >= 4 is 29.0 Å². The molecule has 0 spiro atoms. The first-order valence-electron chi connectivity index (χ1n) is 9.55. The van der Waals surface area contributed by atoms with Gasteiger partial charge in [0.1, 0.15) is 11.4 Å². The van der Waals surface area contributed by atoms with E-state index in [0.29, 0.717) is 11.0 Å². The first-order chi connectivity index (χ1) is 14.8. The van der Waals surface area contributed by atoms with E-state index in [1.165, 1.54) is 29.5 Å². The first-order valence-corrected chi connectivity index (χ1v) is 10.5. The SMILES string of the molecule is Cc1ccc(OC(C)c2nnc(SCC(=O)Nc3ccccc3[N+](=O)[O-])n2C)cc1C. The molecule has 0 radical (unpaired) electrons. The molecule has 0 aliphatic rings. The molecular weight excluding hydrogens is 418 g/mol. The van der Waals surface area contributed by atoms with Crippen molar-refractivity contribution in [1.29, 1.82) is 0 Å². The lowest BCUT2D eigenvalue weighted by Crippen LogP contribution is -2.15. The van der Waals surface area contributed by atoms with E-state index in [-0.39, 0.29) is 29.1 Å². The van der Waals surface area contributed by atoms with E-state index in [9.17, 15) is 14.9 Å². The number of nitrogens with zero attached hydrogens (tertiary/aromatic N) is 4. The van der Waals surface area contributed by atoms with Crippen LogP contribution in [0, 0.1) is 24.0 Å². The van der Waals surface area contributed by atoms with E-state index in [0.717, 1.165) is 11.3 Å². The predicted octanol–water partition coefficient (Wildman–Crippen LogP) is 4.21. The standard InChI is InChI=1S/C21H23N5O4S/c1-13-9-10-16(11-14(13)2)30-15(3)20-23-24-21(25(20)4)31-12-19(27)22-17-7-5-6-8-18(17)26(28)29/h5-11,15H,12H2,1-4H3,(H,22,27). The molecule has 1 amide bonds. The van der Waals surface area contributed by atoms with Crippen LogP contribution in [0.4, 0.5) is 11.4 Å². The summed E-state index contributed by atoms with van der Waals surface area (Å²) in [6.07, 6.45) is -0.338. The van der Waals surface area contributed by atoms with Gasteiger partial charge in [0.05, 0.1) is 10.7 Å². The fraction of sp³-hybridized carbons (Fsp3) is 0.286. The van der Waals surface area contributed by atoms with E-state index in [2.05, 4.69) is 15.5 Å². The fourth-order valence-corrected chi connectivity index (χ4v) is 3.62. The van der Waals surface area contributed by atoms with Crippen molar-refractivity contribution in [3.8, 4) is 5.75 Å². The number of hydrogen-bond donors (Lipinski definition) is 1. The zero-order valence-corrected chi connectivity index (χ0v) is 18.5. The molecule has 0 bridgehead atoms. The number of carbonyl (C=O) groups is 1. The van der Waals surface area contributed by atoms with Crippen LogP contribution in [0.1, 0.15) is 30.0 Å². The Balaban J connectivity index is 1.62. The van der Waals surface area contributed by atoms with Crippen LogP contribution in [0.15, 0.2) is 47.6 Å². The Bertz CT molecular complexity index is 1110. The minimum atomic E-state index is -0.533. The Hall–Kier alpha value is -3.40. The van der Waals surface area contributed by atoms with Crippen LogP contribution in [0.25, 0.3) is 0 Å². The summed E-state index contributed by atoms with van der Waals surface area (Å²) in [5.74, 6) is 1.03. The zero-order valence-electron chi connectivity index (χ0n) is 17.7. The highest BCUT2D eigenvalue weighted by Crippen LogP contribution is 2.26. The van der Waals surface area contributed by atoms with Crippen molar-refractivity contribution in [3.63, 3.8) is 0 Å². The Morgan fingerprint density at radius 2 is 1.97 bits per heavy atom. The molecule has 9 nitrogen and oxygen atoms in total. The van der Waals surface area contributed by atoms with Gasteiger partial charge in [-0.2, -0.15) is 0 Å². The number of hydrogen-bond acceptors (Lipinski definition) is 7. The number of aromatic nitrogens is 3. The third kappa shape index (κ3) is 5.40. The maximum atomic E-state index is 12.3. The second kappa shape index (κ2) is 9.61. The van der Waals surface area contributed by atoms with E-state index >= 15 is 0 Å². The minimum Gasteiger partial charge on any atom is -0.483 e. The lowest BCUT2D eigenvalue weighted by Gasteiger charge is -2.15. The van der Waals surface area contributed by atoms with Crippen LogP contribution in [-0.4, -0.2) is 31.3 Å². The lowest BCUT2D eigenvalue weighted by molar-refractivity contribution is -0.383. The molecule has 1 N–H and O–H groups in total. The number of thioether (sulfide) groups is 1. The fourth-order valence-electron chi connectivity index (χ4n) is 2.90. The molecule has 31 heavy (non-hydrogen) atoms. The molecule has 3 rings (SSSR count). The van der Waals surface area contributed by atoms with Gasteiger partial charge in [-0.15, -0.1) is 10.2 Å². The number of ether oxygens (including phenoxy) is 1. The number of anilines is 1. The monoisotopic (exact) mass is 441 g/mol. The van der Waals surface area contributed by atoms with Crippen LogP contribution in [-0.2, 0) is 11.8 Å². The molecule has 1 atom stereocenters. The molecule has 0 saturated heterocycles. The van der Waals surface area contributed by atoms with Crippen LogP contribution in [0.3, 0.4) is 0 Å². The molecule has 1 aromatic heterocycles. The minimum absolute atomic E-state index is 0.0322. The van der Waals surface area contributed by atoms with Crippen molar-refractivity contribution in [2.45, 2.75) is 32.0 Å². The van der Waals surface area contributed by atoms with Gasteiger partial charge in [-0.1, -0.05) is 30.0 Å². The average molecular weight is 442 g/mol. The van der Waals surface area contributed by atoms with Crippen molar-refractivity contribution < 1.29 is 14.5 Å². The highest BCUT2D eigenvalue weighted by molar-refractivity contribution is 7.99. The molecule has 10 heteroatoms. The van der Waals surface area contributed by atoms with Crippen LogP contribution < -0.4 is 10.1 Å². The summed E-state index contributed by atoms with van der Waals surface area (Å²) >= 11 is 1.19. The average Bonchev–Trinajstić information content (AvgIpc) is 3.10. The van der Waals surface area contributed by atoms with E-state index in [1.807, 2.05) is 39.0 Å². The van der Waals surface area contributed by atoms with Gasteiger partial charge in [0.15, 0.2) is 17.1 Å². The number of nitrogens with one attached hydrogen (secondary N) is 1. The van der Waals surface area contributed by atoms with Gasteiger partial charge in [0, 0.05) is 13.1 Å². The van der Waals surface area contributed by atoms with E-state index in [4.69, 9.17) is 4.74 Å². The van der Waals surface area contributed by atoms with Crippen molar-refractivity contribution in [1.82, 2.24) is 14.8 Å². The maximum Gasteiger partial charge on any atom is 0.292 e. The van der Waals surface area contributed by atoms with E-state index in [1.54, 1.807) is 23.7 Å². The molecule has 2 aromatic carbocycles. The molecule has 0 aliphatic heterocycles. The lowest BCUT2D eigenvalue weighted by atomic mass is 10.1. The summed E-state index contributed by atoms with van der Waals surface area (Å²) in [5, 5.41) is 22.5. The molecule has 1 heterocycles. The highest BCUT2D eigenvalue weighted by Gasteiger charge is 2.19. The molecule has 0 aliphatic carbocycles. The largest absolute Gasteiger partial charge is 0.483 e. The van der Waals surface area contributed by atoms with Crippen molar-refractivity contribution in [2.24, 2.45) is 7.05 Å². The highest BCUT2D eigenvalue weighted by atomic mass is 32.2. The summed E-state index contributed by atoms with van der Waals surface area (Å²) in [7, 11) is 1.80. The quantitative estimate of drug-likeness (QED) is 0.316. The van der Waals surface area contributed by atoms with Gasteiger partial charge in [-0.25, -0.2) is 0 Å². The Morgan fingerprint density at radius 3 is 2.68 bits per heavy atom. The van der Waals surface area contributed by atoms with Gasteiger partial charge in [0.25, 0.3) is 5.69 Å². The van der Waals surface area contributed by atoms with Crippen LogP contribution >= 0.6 is 11.8 Å². The molecule has 1 unspecified atom stereocenters. The predicted molar refractivity (Wildman–Crippen MR) is 118 cm³/mol. The van der Waals surface area contributed by atoms with E-state index < -0.39 is 4.92 Å². The molecule has 0 saturated carbocycles. The number of rotatable bonds is 8. The number of para-hydroxylation sites is 2. The van der Waals surface area contributed by atoms with Gasteiger partial charge >= 0.3 is 0 Å². The molecular formula is C21H23N5O4S. The second-order valence-corrected chi connectivity index (χ2v) is 7.96. The Kier molecular flexibility index (Phi) is 6.91. The Labute approximate surface area is 184 Å². The number of amides is 1. The number of nitro benzene ring substituents is 1. The van der Waals surface area contributed by atoms with Crippen LogP contribution in [0.2, 0.25) is 0 Å². The Morgan fingerprint density at radius 1 is 1.23 bits per heavy atom. The number of benzene rings is 2. The van der Waals surface area contributed by atoms with Crippen LogP contribution in [0.5, 0.6) is 5.75 Å². The van der Waals surface area contributed by atoms with Gasteiger partial charge in [-0.05, 0) is 50.1 Å². The second-order valence-electron chi connectivity index (χ2n) is 7.02. The summed E-state index contributed by atoms with van der Waals surface area (Å²) in [4.78, 5) is 22.8. The summed E-state index contributed by atoms with van der Waals surface area (Å²) < 4.78 is 7.77. The summed E-state index contributed by atoms with van der Waals surface area (Å²) in [6.45, 7) is 5.95. The zero-order chi connectivity index (χ0) is 22.5. The smallest absolute Gasteiger partial charge is 0.292 e. The summed E-state index contributed by atoms with van der Waals surface area (Å²) in [6, 6.07) is 11.9. The molecule has 3 aromatic rings. The number of carbonyl (C=O) groups excluding carboxylic acids is 1. The third-order valence-electron chi connectivity index (χ3n) is 4.73. The first kappa shape index (κ1) is 22.3.